The lowest BCUT2D eigenvalue weighted by Gasteiger charge is -2.29. The second-order valence-electron chi connectivity index (χ2n) is 13.6. The van der Waals surface area contributed by atoms with Crippen LogP contribution >= 0.6 is 0 Å². The van der Waals surface area contributed by atoms with Crippen LogP contribution in [0, 0.1) is 0 Å². The molecule has 0 aromatic heterocycles. The minimum atomic E-state index is -4.53. The molecule has 1 heterocycles. The molecule has 1 fully saturated rings. The van der Waals surface area contributed by atoms with Gasteiger partial charge in [0.25, 0.3) is 0 Å². The number of carbonyl (C=O) groups excluding carboxylic acids is 1. The van der Waals surface area contributed by atoms with E-state index in [9.17, 15) is 18.0 Å². The lowest BCUT2D eigenvalue weighted by Crippen LogP contribution is -2.35. The van der Waals surface area contributed by atoms with Gasteiger partial charge in [-0.1, -0.05) is 102 Å². The molecule has 1 aliphatic heterocycles. The summed E-state index contributed by atoms with van der Waals surface area (Å²) in [4.78, 5) is 14.5. The van der Waals surface area contributed by atoms with Gasteiger partial charge in [-0.05, 0) is 92.4 Å². The van der Waals surface area contributed by atoms with Crippen LogP contribution in [0.25, 0.3) is 33.4 Å². The summed E-state index contributed by atoms with van der Waals surface area (Å²) in [5.41, 5.74) is 5.68. The quantitative estimate of drug-likeness (QED) is 0.234. The Labute approximate surface area is 253 Å². The van der Waals surface area contributed by atoms with Gasteiger partial charge < -0.3 is 4.90 Å². The van der Waals surface area contributed by atoms with Crippen molar-refractivity contribution < 1.29 is 18.0 Å². The molecule has 2 nitrogen and oxygen atoms in total. The predicted molar refractivity (Wildman–Crippen MR) is 171 cm³/mol. The molecule has 0 saturated carbocycles. The van der Waals surface area contributed by atoms with E-state index in [4.69, 9.17) is 0 Å². The van der Waals surface area contributed by atoms with Gasteiger partial charge in [0.2, 0.25) is 5.91 Å². The Hall–Kier alpha value is -3.86. The molecule has 0 spiro atoms. The number of halogens is 3. The molecule has 0 radical (unpaired) electrons. The molecule has 1 amide bonds. The van der Waals surface area contributed by atoms with E-state index >= 15 is 0 Å². The molecule has 5 rings (SSSR count). The van der Waals surface area contributed by atoms with Crippen molar-refractivity contribution in [2.75, 3.05) is 11.4 Å². The summed E-state index contributed by atoms with van der Waals surface area (Å²) >= 11 is 0. The van der Waals surface area contributed by atoms with E-state index in [1.807, 2.05) is 77.7 Å². The van der Waals surface area contributed by atoms with Crippen molar-refractivity contribution in [1.82, 2.24) is 0 Å². The van der Waals surface area contributed by atoms with Gasteiger partial charge in [0, 0.05) is 18.7 Å². The minimum absolute atomic E-state index is 0.105. The fraction of sp³-hybridized carbons (Fsp3) is 0.342. The molecule has 0 unspecified atom stereocenters. The van der Waals surface area contributed by atoms with E-state index in [-0.39, 0.29) is 16.7 Å². The van der Waals surface area contributed by atoms with E-state index in [0.717, 1.165) is 51.9 Å². The topological polar surface area (TPSA) is 20.3 Å². The standard InChI is InChI=1S/C38H40F3NO/c1-36(2,3)32-15-9-7-13-28(32)30-23-26(38(39,40)41)24-31(29-14-8-10-16-33(29)37(4,5)6)35(30)25-18-20-27(21-19-25)42-22-12-11-17-34(42)43/h7-10,13-16,18-21,23-24H,11-12,17,22H2,1-6H3. The Balaban J connectivity index is 1.87. The van der Waals surface area contributed by atoms with Crippen LogP contribution in [0.2, 0.25) is 0 Å². The van der Waals surface area contributed by atoms with Crippen molar-refractivity contribution in [2.45, 2.75) is 77.8 Å². The van der Waals surface area contributed by atoms with Crippen LogP contribution in [0.5, 0.6) is 0 Å². The largest absolute Gasteiger partial charge is 0.416 e. The zero-order valence-corrected chi connectivity index (χ0v) is 25.9. The number of amides is 1. The number of hydrogen-bond acceptors (Lipinski definition) is 1. The maximum absolute atomic E-state index is 14.6. The van der Waals surface area contributed by atoms with E-state index in [1.54, 1.807) is 0 Å². The first kappa shape index (κ1) is 30.6. The first-order chi connectivity index (χ1) is 20.2. The maximum atomic E-state index is 14.6. The summed E-state index contributed by atoms with van der Waals surface area (Å²) in [5, 5.41) is 0. The SMILES string of the molecule is CC(C)(C)c1ccccc1-c1cc(C(F)(F)F)cc(-c2ccccc2C(C)(C)C)c1-c1ccc(N2CCCCC2=O)cc1. The van der Waals surface area contributed by atoms with E-state index in [1.165, 1.54) is 12.1 Å². The number of rotatable bonds is 4. The summed E-state index contributed by atoms with van der Waals surface area (Å²) in [6.45, 7) is 13.2. The Morgan fingerprint density at radius 2 is 1.12 bits per heavy atom. The molecule has 5 heteroatoms. The fourth-order valence-corrected chi connectivity index (χ4v) is 6.17. The molecule has 0 aliphatic carbocycles. The first-order valence-corrected chi connectivity index (χ1v) is 15.0. The lowest BCUT2D eigenvalue weighted by atomic mass is 9.76. The van der Waals surface area contributed by atoms with Gasteiger partial charge in [-0.15, -0.1) is 0 Å². The molecule has 1 saturated heterocycles. The maximum Gasteiger partial charge on any atom is 0.416 e. The number of nitrogens with zero attached hydrogens (tertiary/aromatic N) is 1. The normalized spacial score (nSPS) is 14.7. The molecule has 43 heavy (non-hydrogen) atoms. The van der Waals surface area contributed by atoms with Crippen LogP contribution in [-0.4, -0.2) is 12.5 Å². The number of alkyl halides is 3. The minimum Gasteiger partial charge on any atom is -0.312 e. The number of hydrogen-bond donors (Lipinski definition) is 0. The average Bonchev–Trinajstić information content (AvgIpc) is 2.95. The van der Waals surface area contributed by atoms with Crippen molar-refractivity contribution in [3.05, 3.63) is 102 Å². The number of benzene rings is 4. The highest BCUT2D eigenvalue weighted by molar-refractivity contribution is 5.98. The molecule has 0 atom stereocenters. The highest BCUT2D eigenvalue weighted by Gasteiger charge is 2.34. The zero-order valence-electron chi connectivity index (χ0n) is 25.9. The molecule has 224 valence electrons. The van der Waals surface area contributed by atoms with Gasteiger partial charge >= 0.3 is 6.18 Å². The first-order valence-electron chi connectivity index (χ1n) is 15.0. The van der Waals surface area contributed by atoms with Gasteiger partial charge in [-0.3, -0.25) is 4.79 Å². The summed E-state index contributed by atoms with van der Waals surface area (Å²) in [5.74, 6) is 0.105. The van der Waals surface area contributed by atoms with Gasteiger partial charge in [0.15, 0.2) is 0 Å². The third-order valence-corrected chi connectivity index (χ3v) is 8.31. The Bertz CT molecular complexity index is 1560. The third-order valence-electron chi connectivity index (χ3n) is 8.31. The van der Waals surface area contributed by atoms with Gasteiger partial charge in [-0.2, -0.15) is 13.2 Å². The van der Waals surface area contributed by atoms with Crippen molar-refractivity contribution >= 4 is 11.6 Å². The smallest absolute Gasteiger partial charge is 0.312 e. The molecule has 1 aliphatic rings. The second-order valence-corrected chi connectivity index (χ2v) is 13.6. The molecular formula is C38H40F3NO. The van der Waals surface area contributed by atoms with Crippen molar-refractivity contribution in [2.24, 2.45) is 0 Å². The molecule has 0 bridgehead atoms. The van der Waals surface area contributed by atoms with Gasteiger partial charge in [0.05, 0.1) is 5.56 Å². The Morgan fingerprint density at radius 1 is 0.628 bits per heavy atom. The van der Waals surface area contributed by atoms with Crippen LogP contribution in [0.3, 0.4) is 0 Å². The Morgan fingerprint density at radius 3 is 1.56 bits per heavy atom. The van der Waals surface area contributed by atoms with Crippen LogP contribution in [0.1, 0.15) is 77.5 Å². The summed E-state index contributed by atoms with van der Waals surface area (Å²) in [6.07, 6.45) is -2.16. The van der Waals surface area contributed by atoms with E-state index in [2.05, 4.69) is 41.5 Å². The van der Waals surface area contributed by atoms with Gasteiger partial charge in [-0.25, -0.2) is 0 Å². The van der Waals surface area contributed by atoms with Crippen LogP contribution in [-0.2, 0) is 21.8 Å². The van der Waals surface area contributed by atoms with Crippen LogP contribution in [0.4, 0.5) is 18.9 Å². The zero-order chi connectivity index (χ0) is 31.2. The molecular weight excluding hydrogens is 543 g/mol. The van der Waals surface area contributed by atoms with E-state index in [0.29, 0.717) is 24.1 Å². The monoisotopic (exact) mass is 583 g/mol. The highest BCUT2D eigenvalue weighted by Crippen LogP contribution is 2.48. The summed E-state index contributed by atoms with van der Waals surface area (Å²) in [6, 6.07) is 25.9. The van der Waals surface area contributed by atoms with Crippen molar-refractivity contribution in [3.63, 3.8) is 0 Å². The number of piperidine rings is 1. The highest BCUT2D eigenvalue weighted by atomic mass is 19.4. The van der Waals surface area contributed by atoms with E-state index < -0.39 is 11.7 Å². The van der Waals surface area contributed by atoms with Crippen LogP contribution < -0.4 is 4.90 Å². The predicted octanol–water partition coefficient (Wildman–Crippen LogP) is 10.8. The summed E-state index contributed by atoms with van der Waals surface area (Å²) in [7, 11) is 0. The molecule has 4 aromatic rings. The summed E-state index contributed by atoms with van der Waals surface area (Å²) < 4.78 is 43.9. The molecule has 4 aromatic carbocycles. The number of carbonyl (C=O) groups is 1. The fourth-order valence-electron chi connectivity index (χ4n) is 6.17. The number of anilines is 1. The Kier molecular flexibility index (Phi) is 8.06. The van der Waals surface area contributed by atoms with Crippen LogP contribution in [0.15, 0.2) is 84.9 Å². The average molecular weight is 584 g/mol. The van der Waals surface area contributed by atoms with Crippen molar-refractivity contribution in [1.29, 1.82) is 0 Å². The second kappa shape index (κ2) is 11.3. The lowest BCUT2D eigenvalue weighted by molar-refractivity contribution is -0.137. The van der Waals surface area contributed by atoms with Crippen molar-refractivity contribution in [3.8, 4) is 33.4 Å². The molecule has 0 N–H and O–H groups in total. The van der Waals surface area contributed by atoms with Gasteiger partial charge in [0.1, 0.15) is 0 Å². The third kappa shape index (κ3) is 6.27.